The Morgan fingerprint density at radius 3 is 2.71 bits per heavy atom. The van der Waals surface area contributed by atoms with Crippen LogP contribution in [-0.4, -0.2) is 40.2 Å². The number of aromatic nitrogens is 2. The molecule has 126 valence electrons. The smallest absolute Gasteiger partial charge is 0.321 e. The fraction of sp³-hybridized carbons (Fsp3) is 0.375. The van der Waals surface area contributed by atoms with E-state index in [1.165, 1.54) is 18.8 Å². The van der Waals surface area contributed by atoms with Crippen molar-refractivity contribution in [1.82, 2.24) is 20.6 Å². The van der Waals surface area contributed by atoms with Crippen LogP contribution in [0.3, 0.4) is 0 Å². The van der Waals surface area contributed by atoms with Crippen molar-refractivity contribution in [1.29, 1.82) is 0 Å². The lowest BCUT2D eigenvalue weighted by atomic mass is 10.2. The second-order valence-corrected chi connectivity index (χ2v) is 6.93. The fourth-order valence-electron chi connectivity index (χ4n) is 2.13. The van der Waals surface area contributed by atoms with Crippen molar-refractivity contribution in [3.63, 3.8) is 0 Å². The lowest BCUT2D eigenvalue weighted by molar-refractivity contribution is -0.119. The molecule has 0 radical (unpaired) electrons. The van der Waals surface area contributed by atoms with Gasteiger partial charge >= 0.3 is 6.03 Å². The molecule has 1 aliphatic rings. The Morgan fingerprint density at radius 2 is 2.00 bits per heavy atom. The summed E-state index contributed by atoms with van der Waals surface area (Å²) < 4.78 is 0. The zero-order valence-corrected chi connectivity index (χ0v) is 14.3. The van der Waals surface area contributed by atoms with Crippen LogP contribution in [0.4, 0.5) is 10.6 Å². The summed E-state index contributed by atoms with van der Waals surface area (Å²) >= 11 is 1.23. The Kier molecular flexibility index (Phi) is 4.84. The summed E-state index contributed by atoms with van der Waals surface area (Å²) in [6.07, 6.45) is 2.29. The molecule has 0 spiro atoms. The predicted molar refractivity (Wildman–Crippen MR) is 94.1 cm³/mol. The molecule has 1 heterocycles. The van der Waals surface area contributed by atoms with Crippen LogP contribution in [0, 0.1) is 0 Å². The van der Waals surface area contributed by atoms with Gasteiger partial charge < -0.3 is 10.6 Å². The second kappa shape index (κ2) is 7.04. The summed E-state index contributed by atoms with van der Waals surface area (Å²) in [6.45, 7) is 1.72. The number of nitrogens with one attached hydrogen (secondary N) is 3. The number of nitrogens with zero attached hydrogens (tertiary/aromatic N) is 2. The molecular weight excluding hydrogens is 326 g/mol. The van der Waals surface area contributed by atoms with Gasteiger partial charge in [-0.05, 0) is 31.9 Å². The number of carbonyl (C=O) groups is 2. The first-order valence-corrected chi connectivity index (χ1v) is 8.67. The van der Waals surface area contributed by atoms with E-state index in [4.69, 9.17) is 0 Å². The molecule has 0 bridgehead atoms. The van der Waals surface area contributed by atoms with Gasteiger partial charge in [0.15, 0.2) is 5.16 Å². The van der Waals surface area contributed by atoms with Crippen molar-refractivity contribution >= 4 is 40.4 Å². The van der Waals surface area contributed by atoms with Gasteiger partial charge in [-0.15, -0.1) is 0 Å². The largest absolute Gasteiger partial charge is 0.367 e. The minimum atomic E-state index is -0.525. The average Bonchev–Trinajstić information content (AvgIpc) is 3.38. The van der Waals surface area contributed by atoms with Crippen LogP contribution in [0.2, 0.25) is 0 Å². The maximum atomic E-state index is 12.0. The monoisotopic (exact) mass is 345 g/mol. The molecule has 0 saturated heterocycles. The molecule has 1 fully saturated rings. The van der Waals surface area contributed by atoms with Crippen LogP contribution in [-0.2, 0) is 4.79 Å². The van der Waals surface area contributed by atoms with E-state index in [-0.39, 0.29) is 5.91 Å². The molecule has 0 aliphatic heterocycles. The fourth-order valence-corrected chi connectivity index (χ4v) is 2.90. The Bertz CT molecular complexity index is 778. The van der Waals surface area contributed by atoms with Gasteiger partial charge in [-0.3, -0.25) is 10.1 Å². The molecule has 1 aromatic heterocycles. The summed E-state index contributed by atoms with van der Waals surface area (Å²) in [7, 11) is 1.46. The van der Waals surface area contributed by atoms with Crippen molar-refractivity contribution < 1.29 is 9.59 Å². The number of para-hydroxylation sites is 1. The van der Waals surface area contributed by atoms with Gasteiger partial charge in [-0.1, -0.05) is 23.9 Å². The SMILES string of the molecule is CNC(=O)NC(=O)C(C)Sc1nc(NC2CC2)c2ccccc2n1. The van der Waals surface area contributed by atoms with Gasteiger partial charge in [0.05, 0.1) is 10.8 Å². The maximum absolute atomic E-state index is 12.0. The van der Waals surface area contributed by atoms with E-state index in [2.05, 4.69) is 25.9 Å². The van der Waals surface area contributed by atoms with Crippen LogP contribution in [0.5, 0.6) is 0 Å². The van der Waals surface area contributed by atoms with E-state index in [0.717, 1.165) is 29.6 Å². The van der Waals surface area contributed by atoms with Gasteiger partial charge in [0.1, 0.15) is 5.82 Å². The number of hydrogen-bond acceptors (Lipinski definition) is 6. The number of imide groups is 1. The number of urea groups is 1. The van der Waals surface area contributed by atoms with Gasteiger partial charge in [-0.2, -0.15) is 0 Å². The van der Waals surface area contributed by atoms with E-state index < -0.39 is 11.3 Å². The summed E-state index contributed by atoms with van der Waals surface area (Å²) in [6, 6.07) is 7.73. The number of rotatable bonds is 5. The first-order valence-electron chi connectivity index (χ1n) is 7.79. The number of carbonyl (C=O) groups excluding carboxylic acids is 2. The lowest BCUT2D eigenvalue weighted by Crippen LogP contribution is -2.41. The van der Waals surface area contributed by atoms with Crippen LogP contribution in [0.1, 0.15) is 19.8 Å². The van der Waals surface area contributed by atoms with E-state index in [0.29, 0.717) is 11.2 Å². The van der Waals surface area contributed by atoms with Crippen molar-refractivity contribution in [2.75, 3.05) is 12.4 Å². The van der Waals surface area contributed by atoms with E-state index in [1.807, 2.05) is 24.3 Å². The molecule has 3 rings (SSSR count). The molecule has 1 aromatic carbocycles. The molecule has 1 saturated carbocycles. The van der Waals surface area contributed by atoms with Crippen molar-refractivity contribution in [3.8, 4) is 0 Å². The molecule has 1 atom stereocenters. The van der Waals surface area contributed by atoms with Gasteiger partial charge in [0, 0.05) is 18.5 Å². The minimum Gasteiger partial charge on any atom is -0.367 e. The molecule has 3 amide bonds. The predicted octanol–water partition coefficient (Wildman–Crippen LogP) is 2.14. The highest BCUT2D eigenvalue weighted by Gasteiger charge is 2.24. The number of fused-ring (bicyclic) bond motifs is 1. The number of anilines is 1. The molecular formula is C16H19N5O2S. The second-order valence-electron chi connectivity index (χ2n) is 5.62. The molecule has 24 heavy (non-hydrogen) atoms. The topological polar surface area (TPSA) is 96.0 Å². The van der Waals surface area contributed by atoms with E-state index in [9.17, 15) is 9.59 Å². The highest BCUT2D eigenvalue weighted by molar-refractivity contribution is 8.00. The molecule has 3 N–H and O–H groups in total. The Morgan fingerprint density at radius 1 is 1.25 bits per heavy atom. The molecule has 1 unspecified atom stereocenters. The Hall–Kier alpha value is -2.35. The third-order valence-corrected chi connectivity index (χ3v) is 4.58. The molecule has 7 nitrogen and oxygen atoms in total. The average molecular weight is 345 g/mol. The van der Waals surface area contributed by atoms with Crippen LogP contribution >= 0.6 is 11.8 Å². The van der Waals surface area contributed by atoms with Crippen LogP contribution in [0.25, 0.3) is 10.9 Å². The Balaban J connectivity index is 1.81. The third kappa shape index (κ3) is 3.94. The van der Waals surface area contributed by atoms with Crippen molar-refractivity contribution in [2.45, 2.75) is 36.2 Å². The van der Waals surface area contributed by atoms with Gasteiger partial charge in [0.2, 0.25) is 5.91 Å². The quantitative estimate of drug-likeness (QED) is 0.567. The summed E-state index contributed by atoms with van der Waals surface area (Å²) in [5.41, 5.74) is 0.831. The molecule has 1 aliphatic carbocycles. The van der Waals surface area contributed by atoms with Crippen LogP contribution < -0.4 is 16.0 Å². The standard InChI is InChI=1S/C16H19N5O2S/c1-9(14(22)21-15(23)17-2)24-16-19-12-6-4-3-5-11(12)13(20-16)18-10-7-8-10/h3-6,9-10H,7-8H2,1-2H3,(H,18,19,20)(H2,17,21,22,23). The van der Waals surface area contributed by atoms with Crippen molar-refractivity contribution in [2.24, 2.45) is 0 Å². The highest BCUT2D eigenvalue weighted by atomic mass is 32.2. The minimum absolute atomic E-state index is 0.382. The van der Waals surface area contributed by atoms with Crippen LogP contribution in [0.15, 0.2) is 29.4 Å². The van der Waals surface area contributed by atoms with Gasteiger partial charge in [-0.25, -0.2) is 14.8 Å². The molecule has 8 heteroatoms. The number of amides is 3. The first-order chi connectivity index (χ1) is 11.6. The van der Waals surface area contributed by atoms with E-state index in [1.54, 1.807) is 6.92 Å². The first kappa shape index (κ1) is 16.5. The zero-order chi connectivity index (χ0) is 17.1. The summed E-state index contributed by atoms with van der Waals surface area (Å²) in [5, 5.41) is 9.02. The normalized spacial score (nSPS) is 14.9. The number of benzene rings is 1. The lowest BCUT2D eigenvalue weighted by Gasteiger charge is -2.13. The zero-order valence-electron chi connectivity index (χ0n) is 13.5. The van der Waals surface area contributed by atoms with Crippen molar-refractivity contribution in [3.05, 3.63) is 24.3 Å². The van der Waals surface area contributed by atoms with E-state index >= 15 is 0 Å². The Labute approximate surface area is 144 Å². The third-order valence-electron chi connectivity index (χ3n) is 3.62. The maximum Gasteiger partial charge on any atom is 0.321 e. The number of thioether (sulfide) groups is 1. The summed E-state index contributed by atoms with van der Waals surface area (Å²) in [4.78, 5) is 32.3. The van der Waals surface area contributed by atoms with Gasteiger partial charge in [0.25, 0.3) is 0 Å². The number of hydrogen-bond donors (Lipinski definition) is 3. The highest BCUT2D eigenvalue weighted by Crippen LogP contribution is 2.30. The molecule has 2 aromatic rings. The summed E-state index contributed by atoms with van der Waals surface area (Å²) in [5.74, 6) is 0.414.